The molecule has 9 heteroatoms. The molecular formula is C25H31NO7S. The topological polar surface area (TPSA) is 91.4 Å². The fourth-order valence-electron chi connectivity index (χ4n) is 4.86. The molecule has 2 aliphatic rings. The number of likely N-dealkylation sites (N-methyl/N-ethyl adjacent to an activating group) is 1. The van der Waals surface area contributed by atoms with Crippen LogP contribution in [0, 0.1) is 5.92 Å². The summed E-state index contributed by atoms with van der Waals surface area (Å²) in [6.07, 6.45) is 2.46. The summed E-state index contributed by atoms with van der Waals surface area (Å²) in [5.74, 6) is -0.594. The van der Waals surface area contributed by atoms with Gasteiger partial charge >= 0.3 is 5.97 Å². The minimum Gasteiger partial charge on any atom is -0.497 e. The highest BCUT2D eigenvalue weighted by Crippen LogP contribution is 2.41. The normalized spacial score (nSPS) is 19.3. The van der Waals surface area contributed by atoms with Crippen molar-refractivity contribution >= 4 is 16.0 Å². The summed E-state index contributed by atoms with van der Waals surface area (Å²) in [5.41, 5.74) is 1.82. The zero-order chi connectivity index (χ0) is 24.3. The molecule has 1 spiro atoms. The maximum Gasteiger partial charge on any atom is 0.324 e. The van der Waals surface area contributed by atoms with Gasteiger partial charge in [0, 0.05) is 19.9 Å². The van der Waals surface area contributed by atoms with Gasteiger partial charge in [-0.2, -0.15) is 4.31 Å². The number of carbonyl (C=O) groups is 1. The number of hydrogen-bond donors (Lipinski definition) is 0. The highest BCUT2D eigenvalue weighted by Gasteiger charge is 2.46. The molecule has 1 heterocycles. The van der Waals surface area contributed by atoms with Crippen molar-refractivity contribution in [3.8, 4) is 16.9 Å². The quantitative estimate of drug-likeness (QED) is 0.550. The third-order valence-corrected chi connectivity index (χ3v) is 8.69. The Morgan fingerprint density at radius 2 is 1.50 bits per heavy atom. The lowest BCUT2D eigenvalue weighted by Gasteiger charge is -2.39. The third-order valence-electron chi connectivity index (χ3n) is 6.84. The van der Waals surface area contributed by atoms with Crippen LogP contribution in [0.15, 0.2) is 53.4 Å². The van der Waals surface area contributed by atoms with Gasteiger partial charge in [-0.05, 0) is 54.2 Å². The molecule has 0 amide bonds. The Hall–Kier alpha value is -2.46. The van der Waals surface area contributed by atoms with Crippen LogP contribution in [0.4, 0.5) is 0 Å². The van der Waals surface area contributed by atoms with E-state index in [1.165, 1.54) is 14.2 Å². The second kappa shape index (κ2) is 10.0. The zero-order valence-corrected chi connectivity index (χ0v) is 20.5. The largest absolute Gasteiger partial charge is 0.497 e. The molecule has 1 atom stereocenters. The lowest BCUT2D eigenvalue weighted by atomic mass is 9.80. The van der Waals surface area contributed by atoms with Gasteiger partial charge in [-0.3, -0.25) is 4.79 Å². The Morgan fingerprint density at radius 3 is 2.00 bits per heavy atom. The molecule has 184 valence electrons. The molecule has 34 heavy (non-hydrogen) atoms. The van der Waals surface area contributed by atoms with Crippen LogP contribution in [0.3, 0.4) is 0 Å². The van der Waals surface area contributed by atoms with Gasteiger partial charge < -0.3 is 18.9 Å². The van der Waals surface area contributed by atoms with E-state index in [2.05, 4.69) is 0 Å². The molecule has 1 saturated heterocycles. The van der Waals surface area contributed by atoms with Crippen molar-refractivity contribution in [1.82, 2.24) is 4.31 Å². The number of carbonyl (C=O) groups excluding carboxylic acids is 1. The molecule has 4 rings (SSSR count). The SMILES string of the molecule is COC(=O)C(C1CCC2(CC1)OCCO2)N(C)S(=O)(=O)c1ccc(-c2ccc(OC)cc2)cc1. The van der Waals surface area contributed by atoms with Crippen LogP contribution in [0.25, 0.3) is 11.1 Å². The standard InChI is InChI=1S/C25H31NO7S/c1-26(23(24(27)31-3)20-12-14-25(15-13-20)32-16-17-33-25)34(28,29)22-10-6-19(7-11-22)18-4-8-21(30-2)9-5-18/h4-11,20,23H,12-17H2,1-3H3. The Labute approximate surface area is 200 Å². The van der Waals surface area contributed by atoms with Crippen LogP contribution < -0.4 is 4.74 Å². The van der Waals surface area contributed by atoms with Crippen molar-refractivity contribution in [2.45, 2.75) is 42.4 Å². The smallest absolute Gasteiger partial charge is 0.324 e. The molecule has 2 aromatic carbocycles. The first-order valence-electron chi connectivity index (χ1n) is 11.4. The fourth-order valence-corrected chi connectivity index (χ4v) is 6.23. The Kier molecular flexibility index (Phi) is 7.28. The van der Waals surface area contributed by atoms with E-state index in [1.54, 1.807) is 31.4 Å². The summed E-state index contributed by atoms with van der Waals surface area (Å²) >= 11 is 0. The third kappa shape index (κ3) is 4.84. The predicted molar refractivity (Wildman–Crippen MR) is 126 cm³/mol. The maximum absolute atomic E-state index is 13.5. The first kappa shape index (κ1) is 24.7. The van der Waals surface area contributed by atoms with Crippen molar-refractivity contribution in [1.29, 1.82) is 0 Å². The lowest BCUT2D eigenvalue weighted by Crippen LogP contribution is -2.50. The Bertz CT molecular complexity index is 1080. The van der Waals surface area contributed by atoms with E-state index in [4.69, 9.17) is 18.9 Å². The molecule has 1 aliphatic carbocycles. The molecule has 1 saturated carbocycles. The van der Waals surface area contributed by atoms with Gasteiger partial charge in [0.15, 0.2) is 5.79 Å². The summed E-state index contributed by atoms with van der Waals surface area (Å²) in [5, 5.41) is 0. The van der Waals surface area contributed by atoms with Crippen LogP contribution in [0.5, 0.6) is 5.75 Å². The second-order valence-corrected chi connectivity index (χ2v) is 10.7. The molecule has 1 unspecified atom stereocenters. The van der Waals surface area contributed by atoms with Crippen LogP contribution in [-0.4, -0.2) is 65.0 Å². The van der Waals surface area contributed by atoms with E-state index in [0.717, 1.165) is 21.2 Å². The van der Waals surface area contributed by atoms with E-state index in [9.17, 15) is 13.2 Å². The van der Waals surface area contributed by atoms with Crippen molar-refractivity contribution in [3.63, 3.8) is 0 Å². The van der Waals surface area contributed by atoms with Gasteiger partial charge in [-0.15, -0.1) is 0 Å². The number of methoxy groups -OCH3 is 2. The van der Waals surface area contributed by atoms with Crippen molar-refractivity contribution < 1.29 is 32.2 Å². The molecule has 0 N–H and O–H groups in total. The Morgan fingerprint density at radius 1 is 0.971 bits per heavy atom. The summed E-state index contributed by atoms with van der Waals surface area (Å²) in [6.45, 7) is 1.12. The number of benzene rings is 2. The second-order valence-electron chi connectivity index (χ2n) is 8.69. The molecule has 2 fully saturated rings. The highest BCUT2D eigenvalue weighted by atomic mass is 32.2. The maximum atomic E-state index is 13.5. The van der Waals surface area contributed by atoms with E-state index in [0.29, 0.717) is 38.9 Å². The number of sulfonamides is 1. The van der Waals surface area contributed by atoms with Crippen LogP contribution in [-0.2, 0) is 29.0 Å². The van der Waals surface area contributed by atoms with Gasteiger partial charge in [0.05, 0.1) is 32.3 Å². The summed E-state index contributed by atoms with van der Waals surface area (Å²) in [7, 11) is 0.406. The number of rotatable bonds is 7. The van der Waals surface area contributed by atoms with Gasteiger partial charge in [0.1, 0.15) is 11.8 Å². The monoisotopic (exact) mass is 489 g/mol. The van der Waals surface area contributed by atoms with Gasteiger partial charge in [-0.25, -0.2) is 8.42 Å². The van der Waals surface area contributed by atoms with E-state index in [1.807, 2.05) is 24.3 Å². The average Bonchev–Trinajstić information content (AvgIpc) is 3.33. The average molecular weight is 490 g/mol. The lowest BCUT2D eigenvalue weighted by molar-refractivity contribution is -0.186. The van der Waals surface area contributed by atoms with Crippen LogP contribution >= 0.6 is 0 Å². The molecule has 0 aromatic heterocycles. The van der Waals surface area contributed by atoms with Gasteiger partial charge in [-0.1, -0.05) is 24.3 Å². The number of hydrogen-bond acceptors (Lipinski definition) is 7. The predicted octanol–water partition coefficient (Wildman–Crippen LogP) is 3.46. The van der Waals surface area contributed by atoms with Gasteiger partial charge in [0.25, 0.3) is 0 Å². The molecule has 8 nitrogen and oxygen atoms in total. The number of nitrogens with zero attached hydrogens (tertiary/aromatic N) is 1. The van der Waals surface area contributed by atoms with E-state index >= 15 is 0 Å². The number of esters is 1. The molecule has 2 aromatic rings. The van der Waals surface area contributed by atoms with Crippen LogP contribution in [0.2, 0.25) is 0 Å². The summed E-state index contributed by atoms with van der Waals surface area (Å²) in [6, 6.07) is 13.3. The zero-order valence-electron chi connectivity index (χ0n) is 19.7. The van der Waals surface area contributed by atoms with Crippen molar-refractivity contribution in [3.05, 3.63) is 48.5 Å². The molecule has 1 aliphatic heterocycles. The minimum atomic E-state index is -3.93. The number of ether oxygens (including phenoxy) is 4. The first-order valence-corrected chi connectivity index (χ1v) is 12.8. The van der Waals surface area contributed by atoms with E-state index in [-0.39, 0.29) is 10.8 Å². The molecule has 0 radical (unpaired) electrons. The Balaban J connectivity index is 1.53. The summed E-state index contributed by atoms with van der Waals surface area (Å²) < 4.78 is 49.8. The first-order chi connectivity index (χ1) is 16.3. The summed E-state index contributed by atoms with van der Waals surface area (Å²) in [4.78, 5) is 12.9. The van der Waals surface area contributed by atoms with E-state index < -0.39 is 27.8 Å². The van der Waals surface area contributed by atoms with Crippen LogP contribution in [0.1, 0.15) is 25.7 Å². The highest BCUT2D eigenvalue weighted by molar-refractivity contribution is 7.89. The molecular weight excluding hydrogens is 458 g/mol. The van der Waals surface area contributed by atoms with Crippen molar-refractivity contribution in [2.75, 3.05) is 34.5 Å². The fraction of sp³-hybridized carbons (Fsp3) is 0.480. The van der Waals surface area contributed by atoms with Crippen molar-refractivity contribution in [2.24, 2.45) is 5.92 Å². The minimum absolute atomic E-state index is 0.121. The van der Waals surface area contributed by atoms with Gasteiger partial charge in [0.2, 0.25) is 10.0 Å². The molecule has 0 bridgehead atoms.